The van der Waals surface area contributed by atoms with Gasteiger partial charge >= 0.3 is 0 Å². The molecule has 126 valence electrons. The predicted octanol–water partition coefficient (Wildman–Crippen LogP) is 3.00. The Bertz CT molecular complexity index is 1020. The van der Waals surface area contributed by atoms with Gasteiger partial charge in [-0.05, 0) is 42.2 Å². The van der Waals surface area contributed by atoms with Gasteiger partial charge in [-0.1, -0.05) is 25.3 Å². The Morgan fingerprint density at radius 2 is 2.12 bits per heavy atom. The van der Waals surface area contributed by atoms with Crippen LogP contribution in [0.4, 0.5) is 5.82 Å². The highest BCUT2D eigenvalue weighted by Crippen LogP contribution is 2.33. The van der Waals surface area contributed by atoms with E-state index in [0.29, 0.717) is 5.78 Å². The van der Waals surface area contributed by atoms with Gasteiger partial charge in [-0.15, -0.1) is 10.2 Å². The van der Waals surface area contributed by atoms with Gasteiger partial charge in [0.05, 0.1) is 12.1 Å². The lowest BCUT2D eigenvalue weighted by atomic mass is 10.0. The van der Waals surface area contributed by atoms with Crippen LogP contribution < -0.4 is 4.90 Å². The summed E-state index contributed by atoms with van der Waals surface area (Å²) < 4.78 is 1.84. The number of hydrogen-bond acceptors (Lipinski definition) is 5. The van der Waals surface area contributed by atoms with Crippen LogP contribution in [0, 0.1) is 0 Å². The van der Waals surface area contributed by atoms with E-state index in [-0.39, 0.29) is 6.61 Å². The first-order chi connectivity index (χ1) is 12.3. The molecule has 3 aromatic rings. The third kappa shape index (κ3) is 2.42. The van der Waals surface area contributed by atoms with Gasteiger partial charge in [0.1, 0.15) is 12.1 Å². The van der Waals surface area contributed by atoms with E-state index in [4.69, 9.17) is 4.98 Å². The van der Waals surface area contributed by atoms with Crippen LogP contribution in [0.15, 0.2) is 61.1 Å². The van der Waals surface area contributed by atoms with Crippen LogP contribution >= 0.6 is 0 Å². The van der Waals surface area contributed by atoms with Gasteiger partial charge in [0, 0.05) is 17.6 Å². The number of benzene rings is 1. The van der Waals surface area contributed by atoms with Crippen molar-refractivity contribution in [2.75, 3.05) is 11.4 Å². The van der Waals surface area contributed by atoms with Crippen LogP contribution in [0.2, 0.25) is 0 Å². The summed E-state index contributed by atoms with van der Waals surface area (Å²) in [6.45, 7) is 8.75. The van der Waals surface area contributed by atoms with E-state index in [0.717, 1.165) is 47.4 Å². The fraction of sp³-hybridized carbons (Fsp3) is 0.211. The number of aromatic nitrogens is 4. The van der Waals surface area contributed by atoms with Crippen molar-refractivity contribution in [1.29, 1.82) is 0 Å². The van der Waals surface area contributed by atoms with Crippen LogP contribution in [0.3, 0.4) is 0 Å². The van der Waals surface area contributed by atoms with E-state index in [1.54, 1.807) is 6.33 Å². The van der Waals surface area contributed by atoms with E-state index in [1.165, 1.54) is 5.57 Å². The Labute approximate surface area is 145 Å². The number of anilines is 1. The van der Waals surface area contributed by atoms with E-state index in [2.05, 4.69) is 28.3 Å². The maximum atomic E-state index is 9.49. The van der Waals surface area contributed by atoms with Crippen LogP contribution in [-0.2, 0) is 6.61 Å². The zero-order valence-corrected chi connectivity index (χ0v) is 13.9. The Morgan fingerprint density at radius 3 is 2.88 bits per heavy atom. The molecule has 1 aliphatic heterocycles. The molecule has 1 aromatic carbocycles. The molecule has 3 heterocycles. The Balaban J connectivity index is 2.03. The van der Waals surface area contributed by atoms with Gasteiger partial charge < -0.3 is 10.0 Å². The van der Waals surface area contributed by atoms with Crippen molar-refractivity contribution in [1.82, 2.24) is 19.6 Å². The molecule has 0 amide bonds. The molecule has 0 spiro atoms. The van der Waals surface area contributed by atoms with Crippen LogP contribution in [0.25, 0.3) is 16.7 Å². The van der Waals surface area contributed by atoms with Gasteiger partial charge in [-0.3, -0.25) is 4.40 Å². The fourth-order valence-corrected chi connectivity index (χ4v) is 3.42. The van der Waals surface area contributed by atoms with Crippen molar-refractivity contribution in [2.24, 2.45) is 0 Å². The maximum absolute atomic E-state index is 9.49. The SMILES string of the molecule is C=CC1=C(C=C)N(c2nc3nncn3c3cc(CO)ccc23)CCC1. The topological polar surface area (TPSA) is 66.6 Å². The molecular weight excluding hydrogens is 314 g/mol. The van der Waals surface area contributed by atoms with Gasteiger partial charge in [0.2, 0.25) is 0 Å². The predicted molar refractivity (Wildman–Crippen MR) is 98.2 cm³/mol. The number of nitrogens with zero attached hydrogens (tertiary/aromatic N) is 5. The van der Waals surface area contributed by atoms with Gasteiger partial charge in [0.25, 0.3) is 5.78 Å². The Hall–Kier alpha value is -2.99. The quantitative estimate of drug-likeness (QED) is 0.795. The summed E-state index contributed by atoms with van der Waals surface area (Å²) in [6, 6.07) is 5.86. The monoisotopic (exact) mass is 333 g/mol. The molecule has 0 fully saturated rings. The lowest BCUT2D eigenvalue weighted by Crippen LogP contribution is -2.28. The zero-order valence-electron chi connectivity index (χ0n) is 13.9. The Kier molecular flexibility index (Phi) is 3.82. The lowest BCUT2D eigenvalue weighted by molar-refractivity contribution is 0.282. The molecule has 0 saturated carbocycles. The van der Waals surface area contributed by atoms with Crippen molar-refractivity contribution in [2.45, 2.75) is 19.4 Å². The maximum Gasteiger partial charge on any atom is 0.257 e. The second-order valence-electron chi connectivity index (χ2n) is 6.02. The summed E-state index contributed by atoms with van der Waals surface area (Å²) in [5.41, 5.74) is 3.96. The molecule has 25 heavy (non-hydrogen) atoms. The van der Waals surface area contributed by atoms with Crippen molar-refractivity contribution in [3.05, 3.63) is 66.7 Å². The summed E-state index contributed by atoms with van der Waals surface area (Å²) in [4.78, 5) is 6.92. The average molecular weight is 333 g/mol. The average Bonchev–Trinajstić information content (AvgIpc) is 3.15. The van der Waals surface area contributed by atoms with Gasteiger partial charge in [-0.2, -0.15) is 4.98 Å². The van der Waals surface area contributed by atoms with E-state index in [9.17, 15) is 5.11 Å². The minimum atomic E-state index is -0.0145. The smallest absolute Gasteiger partial charge is 0.257 e. The molecule has 0 aliphatic carbocycles. The second kappa shape index (κ2) is 6.14. The summed E-state index contributed by atoms with van der Waals surface area (Å²) >= 11 is 0. The third-order valence-electron chi connectivity index (χ3n) is 4.62. The van der Waals surface area contributed by atoms with Crippen LogP contribution in [0.1, 0.15) is 18.4 Å². The van der Waals surface area contributed by atoms with Crippen molar-refractivity contribution >= 4 is 22.5 Å². The molecule has 1 aliphatic rings. The highest BCUT2D eigenvalue weighted by atomic mass is 16.3. The first kappa shape index (κ1) is 15.5. The fourth-order valence-electron chi connectivity index (χ4n) is 3.42. The number of fused-ring (bicyclic) bond motifs is 3. The van der Waals surface area contributed by atoms with Crippen LogP contribution in [-0.4, -0.2) is 31.2 Å². The minimum absolute atomic E-state index is 0.0145. The molecule has 6 heteroatoms. The highest BCUT2D eigenvalue weighted by Gasteiger charge is 2.22. The molecule has 0 atom stereocenters. The van der Waals surface area contributed by atoms with Crippen molar-refractivity contribution in [3.63, 3.8) is 0 Å². The molecule has 0 radical (unpaired) electrons. The lowest BCUT2D eigenvalue weighted by Gasteiger charge is -2.31. The zero-order chi connectivity index (χ0) is 17.4. The molecule has 0 bridgehead atoms. The highest BCUT2D eigenvalue weighted by molar-refractivity contribution is 5.93. The number of hydrogen-bond donors (Lipinski definition) is 1. The minimum Gasteiger partial charge on any atom is -0.392 e. The Morgan fingerprint density at radius 1 is 1.24 bits per heavy atom. The van der Waals surface area contributed by atoms with E-state index >= 15 is 0 Å². The number of allylic oxidation sites excluding steroid dienone is 3. The number of aliphatic hydroxyl groups is 1. The molecule has 0 saturated heterocycles. The summed E-state index contributed by atoms with van der Waals surface area (Å²) in [7, 11) is 0. The van der Waals surface area contributed by atoms with Crippen LogP contribution in [0.5, 0.6) is 0 Å². The summed E-state index contributed by atoms with van der Waals surface area (Å²) in [5, 5.41) is 18.6. The molecule has 6 nitrogen and oxygen atoms in total. The largest absolute Gasteiger partial charge is 0.392 e. The summed E-state index contributed by atoms with van der Waals surface area (Å²) in [5.74, 6) is 1.36. The third-order valence-corrected chi connectivity index (χ3v) is 4.62. The van der Waals surface area contributed by atoms with E-state index in [1.807, 2.05) is 34.8 Å². The number of rotatable bonds is 4. The van der Waals surface area contributed by atoms with Crippen molar-refractivity contribution < 1.29 is 5.11 Å². The molecule has 2 aromatic heterocycles. The number of aliphatic hydroxyl groups excluding tert-OH is 1. The first-order valence-electron chi connectivity index (χ1n) is 8.25. The first-order valence-corrected chi connectivity index (χ1v) is 8.25. The second-order valence-corrected chi connectivity index (χ2v) is 6.02. The van der Waals surface area contributed by atoms with Gasteiger partial charge in [-0.25, -0.2) is 0 Å². The molecule has 1 N–H and O–H groups in total. The summed E-state index contributed by atoms with van der Waals surface area (Å²) in [6.07, 6.45) is 7.41. The standard InChI is InChI=1S/C19H19N5O/c1-3-14-6-5-9-23(16(14)4-2)18-15-8-7-13(11-25)10-17(15)24-12-20-22-19(24)21-18/h3-4,7-8,10,12,25H,1-2,5-6,9,11H2. The normalized spacial score (nSPS) is 15.2. The molecular formula is C19H19N5O. The van der Waals surface area contributed by atoms with Crippen molar-refractivity contribution in [3.8, 4) is 0 Å². The molecule has 4 rings (SSSR count). The van der Waals surface area contributed by atoms with E-state index < -0.39 is 0 Å². The van der Waals surface area contributed by atoms with Gasteiger partial charge in [0.15, 0.2) is 0 Å². The molecule has 0 unspecified atom stereocenters.